The highest BCUT2D eigenvalue weighted by Gasteiger charge is 2.36. The van der Waals surface area contributed by atoms with E-state index in [0.717, 1.165) is 75.2 Å². The fraction of sp³-hybridized carbons (Fsp3) is 0.375. The second-order valence-corrected chi connectivity index (χ2v) is 14.2. The Morgan fingerprint density at radius 3 is 2.48 bits per heavy atom. The molecule has 7 rings (SSSR count). The number of aromatic nitrogens is 1. The van der Waals surface area contributed by atoms with Crippen LogP contribution in [0.4, 0.5) is 0 Å². The standard InChI is InChI=1S/C32H35N5O3S2/c38-30-22-26-21-24-12-20-41-32(24)31(26)33-36(30)14-5-4-13-34-16-18-35(19-17-34)23-25-7-6-10-29-28(25)11-15-37(29)42(39,40)27-8-2-1-3-9-27/h1-3,6-12,15,20,26H,4-5,13-14,16-19,21-23H2. The summed E-state index contributed by atoms with van der Waals surface area (Å²) in [7, 11) is -3.65. The van der Waals surface area contributed by atoms with Gasteiger partial charge in [0.2, 0.25) is 5.91 Å². The Labute approximate surface area is 250 Å². The number of benzene rings is 2. The van der Waals surface area contributed by atoms with Crippen molar-refractivity contribution < 1.29 is 13.2 Å². The zero-order valence-electron chi connectivity index (χ0n) is 23.6. The molecule has 4 heterocycles. The summed E-state index contributed by atoms with van der Waals surface area (Å²) in [6, 6.07) is 18.6. The minimum Gasteiger partial charge on any atom is -0.301 e. The van der Waals surface area contributed by atoms with Crippen molar-refractivity contribution in [3.8, 4) is 0 Å². The summed E-state index contributed by atoms with van der Waals surface area (Å²) in [5, 5.41) is 9.61. The fourth-order valence-electron chi connectivity index (χ4n) is 6.51. The van der Waals surface area contributed by atoms with Crippen LogP contribution in [0.25, 0.3) is 10.9 Å². The van der Waals surface area contributed by atoms with Gasteiger partial charge >= 0.3 is 0 Å². The molecule has 3 aliphatic rings. The number of carbonyl (C=O) groups is 1. The van der Waals surface area contributed by atoms with Gasteiger partial charge in [0, 0.05) is 63.2 Å². The van der Waals surface area contributed by atoms with Gasteiger partial charge < -0.3 is 4.90 Å². The van der Waals surface area contributed by atoms with Crippen molar-refractivity contribution in [2.75, 3.05) is 39.3 Å². The summed E-state index contributed by atoms with van der Waals surface area (Å²) in [4.78, 5) is 19.2. The van der Waals surface area contributed by atoms with Crippen LogP contribution in [0.5, 0.6) is 0 Å². The molecule has 0 bridgehead atoms. The Balaban J connectivity index is 0.908. The Morgan fingerprint density at radius 2 is 1.64 bits per heavy atom. The lowest BCUT2D eigenvalue weighted by Crippen LogP contribution is -2.46. The number of unbranched alkanes of at least 4 members (excludes halogenated alkanes) is 1. The quantitative estimate of drug-likeness (QED) is 0.261. The third-order valence-electron chi connectivity index (χ3n) is 8.81. The maximum Gasteiger partial charge on any atom is 0.268 e. The van der Waals surface area contributed by atoms with Crippen LogP contribution in [0.2, 0.25) is 0 Å². The third-order valence-corrected chi connectivity index (χ3v) is 11.5. The second-order valence-electron chi connectivity index (χ2n) is 11.5. The third kappa shape index (κ3) is 5.21. The van der Waals surface area contributed by atoms with Crippen molar-refractivity contribution in [1.29, 1.82) is 0 Å². The smallest absolute Gasteiger partial charge is 0.268 e. The topological polar surface area (TPSA) is 78.2 Å². The molecule has 42 heavy (non-hydrogen) atoms. The highest BCUT2D eigenvalue weighted by atomic mass is 32.2. The first-order chi connectivity index (χ1) is 20.5. The first-order valence-corrected chi connectivity index (χ1v) is 17.1. The van der Waals surface area contributed by atoms with E-state index in [1.54, 1.807) is 46.8 Å². The SMILES string of the molecule is O=C1CC2Cc3ccsc3C2=NN1CCCCN1CCN(Cc2cccc3c2ccn3S(=O)(=O)c2ccccc2)CC1. The molecule has 8 nitrogen and oxygen atoms in total. The van der Waals surface area contributed by atoms with Crippen LogP contribution in [0.1, 0.15) is 35.3 Å². The van der Waals surface area contributed by atoms with Crippen molar-refractivity contribution in [2.24, 2.45) is 11.0 Å². The number of amides is 1. The van der Waals surface area contributed by atoms with Gasteiger partial charge in [0.1, 0.15) is 0 Å². The molecule has 0 radical (unpaired) electrons. The molecule has 1 saturated heterocycles. The molecular weight excluding hydrogens is 567 g/mol. The predicted octanol–water partition coefficient (Wildman–Crippen LogP) is 4.65. The van der Waals surface area contributed by atoms with Crippen molar-refractivity contribution >= 4 is 43.9 Å². The predicted molar refractivity (Wildman–Crippen MR) is 166 cm³/mol. The van der Waals surface area contributed by atoms with Crippen LogP contribution < -0.4 is 0 Å². The molecule has 0 saturated carbocycles. The lowest BCUT2D eigenvalue weighted by molar-refractivity contribution is -0.132. The molecule has 4 aromatic rings. The molecule has 1 atom stereocenters. The Bertz CT molecular complexity index is 1740. The average molecular weight is 602 g/mol. The molecule has 1 amide bonds. The molecule has 1 fully saturated rings. The molecule has 0 N–H and O–H groups in total. The number of carbonyl (C=O) groups excluding carboxylic acids is 1. The van der Waals surface area contributed by atoms with Gasteiger partial charge in [0.15, 0.2) is 0 Å². The fourth-order valence-corrected chi connectivity index (χ4v) is 8.88. The number of piperazine rings is 1. The zero-order valence-corrected chi connectivity index (χ0v) is 25.2. The highest BCUT2D eigenvalue weighted by molar-refractivity contribution is 7.90. The van der Waals surface area contributed by atoms with Gasteiger partial charge in [0.25, 0.3) is 10.0 Å². The zero-order chi connectivity index (χ0) is 28.7. The molecule has 1 aliphatic carbocycles. The van der Waals surface area contributed by atoms with E-state index in [4.69, 9.17) is 5.10 Å². The van der Waals surface area contributed by atoms with E-state index in [1.807, 2.05) is 24.3 Å². The maximum absolute atomic E-state index is 13.3. The Hall–Kier alpha value is -3.31. The lowest BCUT2D eigenvalue weighted by atomic mass is 9.99. The van der Waals surface area contributed by atoms with Gasteiger partial charge in [-0.05, 0) is 72.6 Å². The number of hydrogen-bond donors (Lipinski definition) is 0. The van der Waals surface area contributed by atoms with E-state index in [2.05, 4.69) is 27.3 Å². The van der Waals surface area contributed by atoms with Gasteiger partial charge in [-0.2, -0.15) is 5.10 Å². The number of fused-ring (bicyclic) bond motifs is 4. The van der Waals surface area contributed by atoms with Crippen LogP contribution in [-0.2, 0) is 27.8 Å². The highest BCUT2D eigenvalue weighted by Crippen LogP contribution is 2.36. The Kier molecular flexibility index (Phi) is 7.47. The summed E-state index contributed by atoms with van der Waals surface area (Å²) < 4.78 is 27.9. The van der Waals surface area contributed by atoms with Crippen LogP contribution in [0.15, 0.2) is 82.2 Å². The molecule has 2 aliphatic heterocycles. The molecule has 2 aromatic carbocycles. The van der Waals surface area contributed by atoms with Crippen molar-refractivity contribution in [1.82, 2.24) is 18.8 Å². The number of hydrazone groups is 1. The minimum absolute atomic E-state index is 0.163. The van der Waals surface area contributed by atoms with E-state index in [-0.39, 0.29) is 11.8 Å². The summed E-state index contributed by atoms with van der Waals surface area (Å²) in [5.74, 6) is 0.442. The molecule has 0 spiro atoms. The molecule has 2 aromatic heterocycles. The van der Waals surface area contributed by atoms with E-state index in [1.165, 1.54) is 14.4 Å². The molecule has 218 valence electrons. The largest absolute Gasteiger partial charge is 0.301 e. The Morgan fingerprint density at radius 1 is 0.857 bits per heavy atom. The van der Waals surface area contributed by atoms with Crippen LogP contribution in [0.3, 0.4) is 0 Å². The monoisotopic (exact) mass is 601 g/mol. The normalized spacial score (nSPS) is 19.7. The molecular formula is C32H35N5O3S2. The van der Waals surface area contributed by atoms with Gasteiger partial charge in [-0.15, -0.1) is 11.3 Å². The van der Waals surface area contributed by atoms with Gasteiger partial charge in [-0.3, -0.25) is 9.69 Å². The van der Waals surface area contributed by atoms with Crippen LogP contribution in [0, 0.1) is 5.92 Å². The maximum atomic E-state index is 13.3. The first-order valence-electron chi connectivity index (χ1n) is 14.8. The van der Waals surface area contributed by atoms with Crippen LogP contribution >= 0.6 is 11.3 Å². The van der Waals surface area contributed by atoms with E-state index in [9.17, 15) is 13.2 Å². The number of nitrogens with zero attached hydrogens (tertiary/aromatic N) is 5. The van der Waals surface area contributed by atoms with E-state index >= 15 is 0 Å². The van der Waals surface area contributed by atoms with Gasteiger partial charge in [-0.25, -0.2) is 17.4 Å². The second kappa shape index (κ2) is 11.4. The van der Waals surface area contributed by atoms with Crippen LogP contribution in [-0.4, -0.2) is 78.1 Å². The number of hydrogen-bond acceptors (Lipinski definition) is 7. The minimum atomic E-state index is -3.65. The summed E-state index contributed by atoms with van der Waals surface area (Å²) in [6.45, 7) is 6.48. The number of rotatable bonds is 9. The lowest BCUT2D eigenvalue weighted by Gasteiger charge is -2.35. The van der Waals surface area contributed by atoms with Crippen molar-refractivity contribution in [2.45, 2.75) is 37.1 Å². The van der Waals surface area contributed by atoms with E-state index in [0.29, 0.717) is 23.4 Å². The number of thiophene rings is 1. The molecule has 10 heteroatoms. The van der Waals surface area contributed by atoms with Crippen molar-refractivity contribution in [3.63, 3.8) is 0 Å². The van der Waals surface area contributed by atoms with Crippen molar-refractivity contribution in [3.05, 3.63) is 88.2 Å². The summed E-state index contributed by atoms with van der Waals surface area (Å²) in [6.07, 6.45) is 5.22. The summed E-state index contributed by atoms with van der Waals surface area (Å²) in [5.41, 5.74) is 4.34. The van der Waals surface area contributed by atoms with E-state index < -0.39 is 10.0 Å². The summed E-state index contributed by atoms with van der Waals surface area (Å²) >= 11 is 1.75. The van der Waals surface area contributed by atoms with Gasteiger partial charge in [0.05, 0.1) is 21.0 Å². The molecule has 1 unspecified atom stereocenters. The first kappa shape index (κ1) is 27.5. The van der Waals surface area contributed by atoms with Gasteiger partial charge in [-0.1, -0.05) is 30.3 Å². The average Bonchev–Trinajstić information content (AvgIpc) is 3.73.